The number of benzene rings is 2. The number of hydrogen-bond acceptors (Lipinski definition) is 3. The Bertz CT molecular complexity index is 720. The molecule has 21 heavy (non-hydrogen) atoms. The Morgan fingerprint density at radius 1 is 1.29 bits per heavy atom. The summed E-state index contributed by atoms with van der Waals surface area (Å²) in [6, 6.07) is 14.7. The molecule has 0 fully saturated rings. The Hall–Kier alpha value is -2.22. The molecule has 2 aromatic carbocycles. The van der Waals surface area contributed by atoms with Gasteiger partial charge in [-0.25, -0.2) is 0 Å². The van der Waals surface area contributed by atoms with Crippen LogP contribution in [-0.2, 0) is 4.79 Å². The van der Waals surface area contributed by atoms with Crippen molar-refractivity contribution in [1.82, 2.24) is 0 Å². The van der Waals surface area contributed by atoms with Gasteiger partial charge in [0.05, 0.1) is 5.56 Å². The van der Waals surface area contributed by atoms with Crippen molar-refractivity contribution in [1.29, 1.82) is 5.26 Å². The normalized spacial score (nSPS) is 9.71. The van der Waals surface area contributed by atoms with Crippen LogP contribution in [0.5, 0.6) is 0 Å². The molecule has 0 saturated heterocycles. The fourth-order valence-electron chi connectivity index (χ4n) is 1.61. The van der Waals surface area contributed by atoms with Crippen LogP contribution in [0.15, 0.2) is 64.9 Å². The summed E-state index contributed by atoms with van der Waals surface area (Å²) >= 11 is 7.34. The van der Waals surface area contributed by atoms with Gasteiger partial charge in [0.15, 0.2) is 0 Å². The second kappa shape index (κ2) is 6.98. The maximum Gasteiger partial charge on any atom is 0.247 e. The lowest BCUT2D eigenvalue weighted by Crippen LogP contribution is -2.06. The van der Waals surface area contributed by atoms with E-state index in [4.69, 9.17) is 16.9 Å². The van der Waals surface area contributed by atoms with Crippen molar-refractivity contribution < 1.29 is 4.79 Å². The first-order chi connectivity index (χ1) is 10.1. The predicted octanol–water partition coefficient (Wildman–Crippen LogP) is 4.49. The van der Waals surface area contributed by atoms with E-state index in [0.29, 0.717) is 16.3 Å². The molecule has 0 unspecified atom stereocenters. The van der Waals surface area contributed by atoms with E-state index in [0.717, 1.165) is 9.79 Å². The van der Waals surface area contributed by atoms with Crippen molar-refractivity contribution in [3.8, 4) is 6.07 Å². The molecule has 0 aliphatic carbocycles. The standard InChI is InChI=1S/C16H11ClN2OS/c1-2-16(20)19-13-4-6-14(7-5-13)21-15-8-3-12(17)9-11(15)10-18/h2-9H,1H2,(H,19,20). The first kappa shape index (κ1) is 15.2. The van der Waals surface area contributed by atoms with Gasteiger partial charge in [-0.05, 0) is 48.5 Å². The molecule has 0 radical (unpaired) electrons. The number of carbonyl (C=O) groups is 1. The minimum absolute atomic E-state index is 0.250. The van der Waals surface area contributed by atoms with E-state index >= 15 is 0 Å². The number of carbonyl (C=O) groups excluding carboxylic acids is 1. The first-order valence-electron chi connectivity index (χ1n) is 6.03. The van der Waals surface area contributed by atoms with Crippen molar-refractivity contribution in [2.24, 2.45) is 0 Å². The van der Waals surface area contributed by atoms with Gasteiger partial charge in [0, 0.05) is 20.5 Å². The lowest BCUT2D eigenvalue weighted by Gasteiger charge is -2.06. The van der Waals surface area contributed by atoms with Crippen LogP contribution in [0.3, 0.4) is 0 Å². The van der Waals surface area contributed by atoms with Gasteiger partial charge in [0.2, 0.25) is 5.91 Å². The van der Waals surface area contributed by atoms with Gasteiger partial charge in [-0.3, -0.25) is 4.79 Å². The Morgan fingerprint density at radius 3 is 2.62 bits per heavy atom. The van der Waals surface area contributed by atoms with E-state index in [2.05, 4.69) is 18.0 Å². The van der Waals surface area contributed by atoms with Crippen LogP contribution < -0.4 is 5.32 Å². The molecular formula is C16H11ClN2OS. The van der Waals surface area contributed by atoms with Gasteiger partial charge in [-0.1, -0.05) is 29.9 Å². The van der Waals surface area contributed by atoms with Crippen molar-refractivity contribution in [2.45, 2.75) is 9.79 Å². The Morgan fingerprint density at radius 2 is 2.00 bits per heavy atom. The van der Waals surface area contributed by atoms with Crippen molar-refractivity contribution in [2.75, 3.05) is 5.32 Å². The highest BCUT2D eigenvalue weighted by Gasteiger charge is 2.05. The van der Waals surface area contributed by atoms with E-state index in [1.165, 1.54) is 17.8 Å². The number of nitrogens with zero attached hydrogens (tertiary/aromatic N) is 1. The molecule has 0 saturated carbocycles. The topological polar surface area (TPSA) is 52.9 Å². The van der Waals surface area contributed by atoms with Gasteiger partial charge >= 0.3 is 0 Å². The molecule has 1 amide bonds. The van der Waals surface area contributed by atoms with Crippen LogP contribution in [0.2, 0.25) is 5.02 Å². The highest BCUT2D eigenvalue weighted by atomic mass is 35.5. The van der Waals surface area contributed by atoms with Crippen LogP contribution in [0.4, 0.5) is 5.69 Å². The van der Waals surface area contributed by atoms with Crippen molar-refractivity contribution in [3.63, 3.8) is 0 Å². The molecule has 0 bridgehead atoms. The van der Waals surface area contributed by atoms with Gasteiger partial charge < -0.3 is 5.32 Å². The summed E-state index contributed by atoms with van der Waals surface area (Å²) in [5.41, 5.74) is 1.23. The van der Waals surface area contributed by atoms with E-state index in [1.54, 1.807) is 24.3 Å². The molecule has 2 aromatic rings. The number of halogens is 1. The summed E-state index contributed by atoms with van der Waals surface area (Å²) in [4.78, 5) is 13.0. The van der Waals surface area contributed by atoms with Crippen LogP contribution >= 0.6 is 23.4 Å². The molecule has 0 atom stereocenters. The Labute approximate surface area is 132 Å². The molecule has 0 spiro atoms. The zero-order valence-corrected chi connectivity index (χ0v) is 12.5. The largest absolute Gasteiger partial charge is 0.323 e. The van der Waals surface area contributed by atoms with Crippen LogP contribution in [0.1, 0.15) is 5.56 Å². The molecule has 0 aromatic heterocycles. The number of anilines is 1. The molecule has 0 aliphatic rings. The highest BCUT2D eigenvalue weighted by Crippen LogP contribution is 2.32. The predicted molar refractivity (Wildman–Crippen MR) is 85.6 cm³/mol. The lowest BCUT2D eigenvalue weighted by molar-refractivity contribution is -0.111. The van der Waals surface area contributed by atoms with Crippen molar-refractivity contribution >= 4 is 35.0 Å². The lowest BCUT2D eigenvalue weighted by atomic mass is 10.2. The van der Waals surface area contributed by atoms with Crippen LogP contribution in [0, 0.1) is 11.3 Å². The molecule has 104 valence electrons. The third kappa shape index (κ3) is 4.12. The van der Waals surface area contributed by atoms with E-state index in [-0.39, 0.29) is 5.91 Å². The minimum Gasteiger partial charge on any atom is -0.323 e. The zero-order valence-electron chi connectivity index (χ0n) is 11.0. The summed E-state index contributed by atoms with van der Waals surface area (Å²) in [5, 5.41) is 12.3. The van der Waals surface area contributed by atoms with Gasteiger partial charge in [0.1, 0.15) is 6.07 Å². The van der Waals surface area contributed by atoms with Crippen molar-refractivity contribution in [3.05, 3.63) is 65.7 Å². The zero-order chi connectivity index (χ0) is 15.2. The molecule has 1 N–H and O–H groups in total. The summed E-state index contributed by atoms with van der Waals surface area (Å²) in [5.74, 6) is -0.250. The van der Waals surface area contributed by atoms with E-state index < -0.39 is 0 Å². The average Bonchev–Trinajstić information content (AvgIpc) is 2.50. The number of amides is 1. The van der Waals surface area contributed by atoms with Gasteiger partial charge in [-0.2, -0.15) is 5.26 Å². The maximum atomic E-state index is 11.2. The fraction of sp³-hybridized carbons (Fsp3) is 0. The van der Waals surface area contributed by atoms with E-state index in [1.807, 2.05) is 18.2 Å². The SMILES string of the molecule is C=CC(=O)Nc1ccc(Sc2ccc(Cl)cc2C#N)cc1. The molecule has 0 heterocycles. The summed E-state index contributed by atoms with van der Waals surface area (Å²) in [7, 11) is 0. The van der Waals surface area contributed by atoms with E-state index in [9.17, 15) is 4.79 Å². The average molecular weight is 315 g/mol. The molecule has 3 nitrogen and oxygen atoms in total. The number of hydrogen-bond donors (Lipinski definition) is 1. The first-order valence-corrected chi connectivity index (χ1v) is 7.23. The quantitative estimate of drug-likeness (QED) is 0.846. The Kier molecular flexibility index (Phi) is 5.04. The maximum absolute atomic E-state index is 11.2. The number of nitrogens with one attached hydrogen (secondary N) is 1. The van der Waals surface area contributed by atoms with Crippen LogP contribution in [0.25, 0.3) is 0 Å². The monoisotopic (exact) mass is 314 g/mol. The fourth-order valence-corrected chi connectivity index (χ4v) is 2.65. The summed E-state index contributed by atoms with van der Waals surface area (Å²) in [6.45, 7) is 3.40. The van der Waals surface area contributed by atoms with Gasteiger partial charge in [-0.15, -0.1) is 0 Å². The molecule has 0 aliphatic heterocycles. The van der Waals surface area contributed by atoms with Gasteiger partial charge in [0.25, 0.3) is 0 Å². The number of nitriles is 1. The highest BCUT2D eigenvalue weighted by molar-refractivity contribution is 7.99. The third-order valence-electron chi connectivity index (χ3n) is 2.60. The van der Waals surface area contributed by atoms with Crippen LogP contribution in [-0.4, -0.2) is 5.91 Å². The third-order valence-corrected chi connectivity index (χ3v) is 3.92. The molecular weight excluding hydrogens is 304 g/mol. The second-order valence-corrected chi connectivity index (χ2v) is 5.62. The second-order valence-electron chi connectivity index (χ2n) is 4.07. The molecule has 5 heteroatoms. The number of rotatable bonds is 4. The Balaban J connectivity index is 2.16. The summed E-state index contributed by atoms with van der Waals surface area (Å²) < 4.78 is 0. The smallest absolute Gasteiger partial charge is 0.247 e. The summed E-state index contributed by atoms with van der Waals surface area (Å²) in [6.07, 6.45) is 1.22. The molecule has 2 rings (SSSR count). The minimum atomic E-state index is -0.250.